The van der Waals surface area contributed by atoms with Crippen molar-refractivity contribution in [2.45, 2.75) is 20.8 Å². The van der Waals surface area contributed by atoms with Crippen LogP contribution in [0.2, 0.25) is 0 Å². The molecule has 0 spiro atoms. The summed E-state index contributed by atoms with van der Waals surface area (Å²) in [6.07, 6.45) is 0. The molecule has 2 N–H and O–H groups in total. The molecule has 0 saturated carbocycles. The molecule has 2 unspecified atom stereocenters. The minimum atomic E-state index is -0.0221. The maximum atomic E-state index is 13.2. The quantitative estimate of drug-likeness (QED) is 0.815. The molecule has 0 radical (unpaired) electrons. The van der Waals surface area contributed by atoms with E-state index in [1.165, 1.54) is 0 Å². The summed E-state index contributed by atoms with van der Waals surface area (Å²) >= 11 is 0. The Morgan fingerprint density at radius 2 is 2.03 bits per heavy atom. The molecule has 0 bridgehead atoms. The van der Waals surface area contributed by atoms with Crippen LogP contribution in [0.15, 0.2) is 10.6 Å². The second kappa shape index (κ2) is 6.98. The highest BCUT2D eigenvalue weighted by Gasteiger charge is 2.54. The van der Waals surface area contributed by atoms with Gasteiger partial charge in [-0.2, -0.15) is 4.98 Å². The average Bonchev–Trinajstić information content (AvgIpc) is 3.23. The van der Waals surface area contributed by atoms with Gasteiger partial charge in [-0.05, 0) is 34.9 Å². The third-order valence-corrected chi connectivity index (χ3v) is 6.11. The summed E-state index contributed by atoms with van der Waals surface area (Å²) in [7, 11) is 4.17. The Hall–Kier alpha value is -2.68. The van der Waals surface area contributed by atoms with E-state index in [4.69, 9.17) is 10.3 Å². The zero-order valence-electron chi connectivity index (χ0n) is 17.8. The molecule has 9 nitrogen and oxygen atoms in total. The second-order valence-corrected chi connectivity index (χ2v) is 8.79. The highest BCUT2D eigenvalue weighted by atomic mass is 16.5. The van der Waals surface area contributed by atoms with Crippen molar-refractivity contribution in [1.82, 2.24) is 24.9 Å². The third-order valence-electron chi connectivity index (χ3n) is 6.11. The van der Waals surface area contributed by atoms with Gasteiger partial charge in [0, 0.05) is 55.8 Å². The number of hydrogen-bond acceptors (Lipinski definition) is 8. The zero-order chi connectivity index (χ0) is 20.9. The molecule has 0 aromatic carbocycles. The number of hydrogen-bond donors (Lipinski definition) is 1. The number of carbonyl (C=O) groups is 1. The molecule has 1 amide bonds. The van der Waals surface area contributed by atoms with Crippen molar-refractivity contribution in [2.75, 3.05) is 57.5 Å². The van der Waals surface area contributed by atoms with Gasteiger partial charge in [0.2, 0.25) is 5.95 Å². The number of nitrogens with two attached hydrogens (primary N) is 1. The van der Waals surface area contributed by atoms with Gasteiger partial charge in [0.15, 0.2) is 0 Å². The number of aromatic nitrogens is 3. The SMILES string of the molecule is Cc1cc(N2CC3CN(C(=O)c4c(C)noc4C)CC3(CN(C)C)C2)nc(N)n1. The minimum Gasteiger partial charge on any atom is -0.368 e. The van der Waals surface area contributed by atoms with E-state index >= 15 is 0 Å². The fraction of sp³-hybridized carbons (Fsp3) is 0.600. The lowest BCUT2D eigenvalue weighted by molar-refractivity contribution is 0.0763. The van der Waals surface area contributed by atoms with Crippen LogP contribution in [0.4, 0.5) is 11.8 Å². The normalized spacial score (nSPS) is 23.9. The number of carbonyl (C=O) groups excluding carboxylic acids is 1. The van der Waals surface area contributed by atoms with Gasteiger partial charge in [-0.15, -0.1) is 0 Å². The summed E-state index contributed by atoms with van der Waals surface area (Å²) in [5, 5.41) is 3.95. The number of anilines is 2. The van der Waals surface area contributed by atoms with Crippen LogP contribution in [-0.2, 0) is 0 Å². The largest absolute Gasteiger partial charge is 0.368 e. The van der Waals surface area contributed by atoms with Crippen molar-refractivity contribution >= 4 is 17.7 Å². The summed E-state index contributed by atoms with van der Waals surface area (Å²) < 4.78 is 5.22. The van der Waals surface area contributed by atoms with Crippen LogP contribution in [0, 0.1) is 32.1 Å². The Morgan fingerprint density at radius 1 is 1.28 bits per heavy atom. The fourth-order valence-electron chi connectivity index (χ4n) is 5.05. The molecule has 156 valence electrons. The second-order valence-electron chi connectivity index (χ2n) is 8.79. The molecule has 4 rings (SSSR count). The summed E-state index contributed by atoms with van der Waals surface area (Å²) in [4.78, 5) is 28.3. The van der Waals surface area contributed by atoms with E-state index in [1.54, 1.807) is 6.92 Å². The van der Waals surface area contributed by atoms with Crippen LogP contribution in [0.25, 0.3) is 0 Å². The van der Waals surface area contributed by atoms with Crippen LogP contribution in [0.3, 0.4) is 0 Å². The fourth-order valence-corrected chi connectivity index (χ4v) is 5.05. The topological polar surface area (TPSA) is 105 Å². The first-order valence-electron chi connectivity index (χ1n) is 9.91. The maximum Gasteiger partial charge on any atom is 0.259 e. The highest BCUT2D eigenvalue weighted by molar-refractivity contribution is 5.96. The highest BCUT2D eigenvalue weighted by Crippen LogP contribution is 2.44. The first kappa shape index (κ1) is 19.6. The maximum absolute atomic E-state index is 13.2. The number of fused-ring (bicyclic) bond motifs is 1. The summed E-state index contributed by atoms with van der Waals surface area (Å²) in [5.74, 6) is 2.12. The van der Waals surface area contributed by atoms with E-state index in [-0.39, 0.29) is 11.3 Å². The van der Waals surface area contributed by atoms with Gasteiger partial charge in [0.25, 0.3) is 5.91 Å². The molecule has 9 heteroatoms. The molecule has 4 heterocycles. The van der Waals surface area contributed by atoms with E-state index in [2.05, 4.69) is 39.0 Å². The Balaban J connectivity index is 1.60. The predicted octanol–water partition coefficient (Wildman–Crippen LogP) is 1.11. The molecule has 0 aliphatic carbocycles. The van der Waals surface area contributed by atoms with E-state index in [9.17, 15) is 4.79 Å². The van der Waals surface area contributed by atoms with Gasteiger partial charge < -0.3 is 25.0 Å². The molecule has 2 saturated heterocycles. The molecular formula is C20H29N7O2. The summed E-state index contributed by atoms with van der Waals surface area (Å²) in [5.41, 5.74) is 7.97. The van der Waals surface area contributed by atoms with Gasteiger partial charge in [-0.1, -0.05) is 5.16 Å². The molecule has 2 fully saturated rings. The van der Waals surface area contributed by atoms with E-state index in [1.807, 2.05) is 24.8 Å². The number of nitrogens with zero attached hydrogens (tertiary/aromatic N) is 6. The van der Waals surface area contributed by atoms with Gasteiger partial charge in [0.05, 0.1) is 5.69 Å². The standard InChI is InChI=1S/C20H29N7O2/c1-12-6-16(23-19(21)22-12)26-7-15-8-27(11-20(15,10-26)9-25(4)5)18(28)17-13(2)24-29-14(17)3/h6,15H,7-11H2,1-5H3,(H2,21,22,23). The Morgan fingerprint density at radius 3 is 2.66 bits per heavy atom. The lowest BCUT2D eigenvalue weighted by atomic mass is 9.80. The minimum absolute atomic E-state index is 0.0162. The van der Waals surface area contributed by atoms with Gasteiger partial charge in [0.1, 0.15) is 17.1 Å². The Labute approximate surface area is 170 Å². The molecule has 2 aliphatic rings. The van der Waals surface area contributed by atoms with Gasteiger partial charge in [-0.25, -0.2) is 4.98 Å². The van der Waals surface area contributed by atoms with Crippen LogP contribution in [-0.4, -0.2) is 77.7 Å². The predicted molar refractivity (Wildman–Crippen MR) is 110 cm³/mol. The van der Waals surface area contributed by atoms with Gasteiger partial charge in [-0.3, -0.25) is 4.79 Å². The molecule has 2 aliphatic heterocycles. The van der Waals surface area contributed by atoms with Crippen molar-refractivity contribution in [3.8, 4) is 0 Å². The number of nitrogen functional groups attached to an aromatic ring is 1. The van der Waals surface area contributed by atoms with Crippen LogP contribution >= 0.6 is 0 Å². The molecule has 2 aromatic rings. The molecule has 2 atom stereocenters. The number of aryl methyl sites for hydroxylation is 3. The summed E-state index contributed by atoms with van der Waals surface area (Å²) in [6.45, 7) is 9.54. The van der Waals surface area contributed by atoms with Crippen molar-refractivity contribution in [2.24, 2.45) is 11.3 Å². The van der Waals surface area contributed by atoms with Crippen LogP contribution < -0.4 is 10.6 Å². The Kier molecular flexibility index (Phi) is 4.72. The molecule has 29 heavy (non-hydrogen) atoms. The third kappa shape index (κ3) is 3.43. The van der Waals surface area contributed by atoms with E-state index in [0.29, 0.717) is 42.0 Å². The number of likely N-dealkylation sites (tertiary alicyclic amines) is 1. The number of rotatable bonds is 4. The van der Waals surface area contributed by atoms with Crippen LogP contribution in [0.5, 0.6) is 0 Å². The lowest BCUT2D eigenvalue weighted by Crippen LogP contribution is -2.43. The van der Waals surface area contributed by atoms with Crippen molar-refractivity contribution in [3.05, 3.63) is 28.8 Å². The number of amides is 1. The van der Waals surface area contributed by atoms with Gasteiger partial charge >= 0.3 is 0 Å². The van der Waals surface area contributed by atoms with E-state index in [0.717, 1.165) is 31.1 Å². The zero-order valence-corrected chi connectivity index (χ0v) is 17.8. The smallest absolute Gasteiger partial charge is 0.259 e. The van der Waals surface area contributed by atoms with Crippen molar-refractivity contribution < 1.29 is 9.32 Å². The monoisotopic (exact) mass is 399 g/mol. The summed E-state index contributed by atoms with van der Waals surface area (Å²) in [6, 6.07) is 1.98. The average molecular weight is 399 g/mol. The first-order chi connectivity index (χ1) is 13.7. The Bertz CT molecular complexity index is 901. The van der Waals surface area contributed by atoms with Crippen LogP contribution in [0.1, 0.15) is 27.5 Å². The van der Waals surface area contributed by atoms with Crippen molar-refractivity contribution in [1.29, 1.82) is 0 Å². The van der Waals surface area contributed by atoms with Crippen molar-refractivity contribution in [3.63, 3.8) is 0 Å². The first-order valence-corrected chi connectivity index (χ1v) is 9.91. The lowest BCUT2D eigenvalue weighted by Gasteiger charge is -2.32. The van der Waals surface area contributed by atoms with E-state index < -0.39 is 0 Å². The molecular weight excluding hydrogens is 370 g/mol. The molecule has 2 aromatic heterocycles.